The first kappa shape index (κ1) is 8.45. The highest BCUT2D eigenvalue weighted by atomic mass is 15.1. The van der Waals surface area contributed by atoms with Crippen LogP contribution < -0.4 is 5.32 Å². The summed E-state index contributed by atoms with van der Waals surface area (Å²) >= 11 is 0. The molecule has 1 N–H and O–H groups in total. The molecule has 1 heterocycles. The molecule has 0 amide bonds. The molecule has 0 spiro atoms. The van der Waals surface area contributed by atoms with Crippen LogP contribution in [0.4, 0.5) is 0 Å². The van der Waals surface area contributed by atoms with Crippen LogP contribution in [0.15, 0.2) is 41.4 Å². The van der Waals surface area contributed by atoms with Gasteiger partial charge in [0.05, 0.1) is 0 Å². The molecule has 0 fully saturated rings. The molecule has 0 aromatic carbocycles. The van der Waals surface area contributed by atoms with Crippen molar-refractivity contribution < 1.29 is 0 Å². The number of nitrogens with zero attached hydrogens (tertiary/aromatic N) is 1. The second kappa shape index (κ2) is 4.19. The highest BCUT2D eigenvalue weighted by Gasteiger charge is 2.07. The summed E-state index contributed by atoms with van der Waals surface area (Å²) in [5.41, 5.74) is 1.18. The predicted octanol–water partition coefficient (Wildman–Crippen LogP) is 1.82. The molecular formula is C11H14N2. The summed E-state index contributed by atoms with van der Waals surface area (Å²) in [6.45, 7) is 0.945. The summed E-state index contributed by atoms with van der Waals surface area (Å²) in [5, 5.41) is 3.33. The molecule has 0 saturated heterocycles. The van der Waals surface area contributed by atoms with Gasteiger partial charge in [0.2, 0.25) is 0 Å². The molecular weight excluding hydrogens is 160 g/mol. The third kappa shape index (κ3) is 2.39. The van der Waals surface area contributed by atoms with Crippen LogP contribution in [-0.2, 0) is 0 Å². The monoisotopic (exact) mass is 174 g/mol. The SMILES string of the molecule is C1=CCC(=NC2CC=CCN2)C=C1. The van der Waals surface area contributed by atoms with E-state index in [2.05, 4.69) is 40.7 Å². The van der Waals surface area contributed by atoms with Gasteiger partial charge in [0.15, 0.2) is 0 Å². The molecule has 2 rings (SSSR count). The standard InChI is InChI=1S/C11H14N2/c1-2-6-10(7-3-1)13-11-8-4-5-9-12-11/h1-6,11-12H,7-9H2. The maximum atomic E-state index is 4.61. The third-order valence-corrected chi connectivity index (χ3v) is 2.18. The molecule has 2 nitrogen and oxygen atoms in total. The van der Waals surface area contributed by atoms with E-state index >= 15 is 0 Å². The number of hydrogen-bond donors (Lipinski definition) is 1. The number of nitrogens with one attached hydrogen (secondary N) is 1. The summed E-state index contributed by atoms with van der Waals surface area (Å²) < 4.78 is 0. The molecule has 2 aliphatic rings. The smallest absolute Gasteiger partial charge is 0.103 e. The van der Waals surface area contributed by atoms with Crippen LogP contribution in [0.1, 0.15) is 12.8 Å². The average molecular weight is 174 g/mol. The number of rotatable bonds is 1. The normalized spacial score (nSPS) is 29.8. The van der Waals surface area contributed by atoms with Crippen molar-refractivity contribution in [2.45, 2.75) is 19.0 Å². The van der Waals surface area contributed by atoms with Crippen molar-refractivity contribution >= 4 is 5.71 Å². The zero-order valence-corrected chi connectivity index (χ0v) is 7.61. The number of allylic oxidation sites excluding steroid dienone is 4. The topological polar surface area (TPSA) is 24.4 Å². The molecule has 0 aromatic rings. The Hall–Kier alpha value is -1.15. The van der Waals surface area contributed by atoms with Gasteiger partial charge in [-0.05, 0) is 6.08 Å². The fourth-order valence-electron chi connectivity index (χ4n) is 1.49. The average Bonchev–Trinajstić information content (AvgIpc) is 2.21. The lowest BCUT2D eigenvalue weighted by molar-refractivity contribution is 0.549. The van der Waals surface area contributed by atoms with Gasteiger partial charge in [-0.25, -0.2) is 0 Å². The Morgan fingerprint density at radius 3 is 2.92 bits per heavy atom. The highest BCUT2D eigenvalue weighted by molar-refractivity contribution is 5.97. The van der Waals surface area contributed by atoms with Crippen LogP contribution >= 0.6 is 0 Å². The lowest BCUT2D eigenvalue weighted by Gasteiger charge is -2.16. The minimum absolute atomic E-state index is 0.288. The Morgan fingerprint density at radius 1 is 1.23 bits per heavy atom. The van der Waals surface area contributed by atoms with E-state index in [1.165, 1.54) is 5.71 Å². The summed E-state index contributed by atoms with van der Waals surface area (Å²) in [4.78, 5) is 4.61. The van der Waals surface area contributed by atoms with Gasteiger partial charge in [0, 0.05) is 25.1 Å². The van der Waals surface area contributed by atoms with E-state index in [-0.39, 0.29) is 6.17 Å². The molecule has 0 radical (unpaired) electrons. The van der Waals surface area contributed by atoms with Gasteiger partial charge in [-0.15, -0.1) is 0 Å². The molecule has 0 bridgehead atoms. The number of aliphatic imine (C=N–C) groups is 1. The first-order valence-electron chi connectivity index (χ1n) is 4.73. The molecule has 0 saturated carbocycles. The first-order chi connectivity index (χ1) is 6.45. The Kier molecular flexibility index (Phi) is 2.72. The molecule has 2 heteroatoms. The predicted molar refractivity (Wildman–Crippen MR) is 55.9 cm³/mol. The zero-order valence-electron chi connectivity index (χ0n) is 7.61. The third-order valence-electron chi connectivity index (χ3n) is 2.18. The van der Waals surface area contributed by atoms with Crippen molar-refractivity contribution in [1.29, 1.82) is 0 Å². The van der Waals surface area contributed by atoms with Crippen LogP contribution in [0.5, 0.6) is 0 Å². The van der Waals surface area contributed by atoms with Crippen LogP contribution in [-0.4, -0.2) is 18.4 Å². The minimum Gasteiger partial charge on any atom is -0.292 e. The molecule has 1 unspecified atom stereocenters. The summed E-state index contributed by atoms with van der Waals surface area (Å²) in [6.07, 6.45) is 14.9. The lowest BCUT2D eigenvalue weighted by Crippen LogP contribution is -2.30. The Labute approximate surface area is 78.8 Å². The van der Waals surface area contributed by atoms with Gasteiger partial charge >= 0.3 is 0 Å². The number of hydrogen-bond acceptors (Lipinski definition) is 2. The van der Waals surface area contributed by atoms with Gasteiger partial charge in [-0.2, -0.15) is 0 Å². The Balaban J connectivity index is 1.98. The molecule has 0 aromatic heterocycles. The van der Waals surface area contributed by atoms with E-state index in [4.69, 9.17) is 0 Å². The molecule has 1 aliphatic heterocycles. The fourth-order valence-corrected chi connectivity index (χ4v) is 1.49. The highest BCUT2D eigenvalue weighted by Crippen LogP contribution is 2.05. The van der Waals surface area contributed by atoms with Crippen molar-refractivity contribution in [3.8, 4) is 0 Å². The second-order valence-electron chi connectivity index (χ2n) is 3.24. The maximum absolute atomic E-state index is 4.61. The fraction of sp³-hybridized carbons (Fsp3) is 0.364. The van der Waals surface area contributed by atoms with E-state index in [0.29, 0.717) is 0 Å². The Bertz CT molecular complexity index is 284. The minimum atomic E-state index is 0.288. The van der Waals surface area contributed by atoms with Gasteiger partial charge in [-0.3, -0.25) is 10.3 Å². The van der Waals surface area contributed by atoms with Crippen LogP contribution in [0.3, 0.4) is 0 Å². The Morgan fingerprint density at radius 2 is 2.23 bits per heavy atom. The van der Waals surface area contributed by atoms with E-state index in [0.717, 1.165) is 19.4 Å². The van der Waals surface area contributed by atoms with Gasteiger partial charge in [-0.1, -0.05) is 30.4 Å². The van der Waals surface area contributed by atoms with E-state index < -0.39 is 0 Å². The van der Waals surface area contributed by atoms with E-state index in [1.54, 1.807) is 0 Å². The first-order valence-corrected chi connectivity index (χ1v) is 4.73. The van der Waals surface area contributed by atoms with Gasteiger partial charge in [0.1, 0.15) is 6.17 Å². The van der Waals surface area contributed by atoms with Crippen molar-refractivity contribution in [3.63, 3.8) is 0 Å². The lowest BCUT2D eigenvalue weighted by atomic mass is 10.1. The molecule has 68 valence electrons. The van der Waals surface area contributed by atoms with Crippen molar-refractivity contribution in [2.75, 3.05) is 6.54 Å². The van der Waals surface area contributed by atoms with Gasteiger partial charge < -0.3 is 0 Å². The largest absolute Gasteiger partial charge is 0.292 e. The molecule has 1 aliphatic carbocycles. The quantitative estimate of drug-likeness (QED) is 0.602. The second-order valence-corrected chi connectivity index (χ2v) is 3.24. The van der Waals surface area contributed by atoms with Crippen LogP contribution in [0.25, 0.3) is 0 Å². The van der Waals surface area contributed by atoms with Crippen molar-refractivity contribution in [1.82, 2.24) is 5.32 Å². The van der Waals surface area contributed by atoms with E-state index in [9.17, 15) is 0 Å². The summed E-state index contributed by atoms with van der Waals surface area (Å²) in [7, 11) is 0. The summed E-state index contributed by atoms with van der Waals surface area (Å²) in [6, 6.07) is 0. The van der Waals surface area contributed by atoms with Crippen LogP contribution in [0, 0.1) is 0 Å². The molecule has 13 heavy (non-hydrogen) atoms. The van der Waals surface area contributed by atoms with Crippen molar-refractivity contribution in [3.05, 3.63) is 36.5 Å². The van der Waals surface area contributed by atoms with Crippen molar-refractivity contribution in [2.24, 2.45) is 4.99 Å². The molecule has 1 atom stereocenters. The van der Waals surface area contributed by atoms with Crippen LogP contribution in [0.2, 0.25) is 0 Å². The van der Waals surface area contributed by atoms with E-state index in [1.807, 2.05) is 6.08 Å². The zero-order chi connectivity index (χ0) is 8.93. The maximum Gasteiger partial charge on any atom is 0.103 e. The summed E-state index contributed by atoms with van der Waals surface area (Å²) in [5.74, 6) is 0. The van der Waals surface area contributed by atoms with Gasteiger partial charge in [0.25, 0.3) is 0 Å².